The van der Waals surface area contributed by atoms with E-state index < -0.39 is 0 Å². The number of rotatable bonds is 2. The molecule has 4 nitrogen and oxygen atoms in total. The lowest BCUT2D eigenvalue weighted by Crippen LogP contribution is -2.05. The second-order valence-electron chi connectivity index (χ2n) is 3.31. The maximum Gasteiger partial charge on any atom is 0.213 e. The molecule has 1 aliphatic heterocycles. The van der Waals surface area contributed by atoms with Crippen molar-refractivity contribution in [3.8, 4) is 5.88 Å². The van der Waals surface area contributed by atoms with Gasteiger partial charge in [0, 0.05) is 11.8 Å². The van der Waals surface area contributed by atoms with Gasteiger partial charge in [-0.05, 0) is 13.0 Å². The number of pyridine rings is 1. The molecule has 1 aliphatic rings. The molecule has 0 aliphatic carbocycles. The van der Waals surface area contributed by atoms with E-state index >= 15 is 0 Å². The number of aliphatic imine (C=N–C) groups is 1. The summed E-state index contributed by atoms with van der Waals surface area (Å²) in [6.07, 6.45) is 1.74. The summed E-state index contributed by atoms with van der Waals surface area (Å²) in [5.41, 5.74) is 0.941. The van der Waals surface area contributed by atoms with Gasteiger partial charge in [-0.15, -0.1) is 0 Å². The van der Waals surface area contributed by atoms with E-state index in [2.05, 4.69) is 22.2 Å². The molecule has 0 bridgehead atoms. The van der Waals surface area contributed by atoms with Gasteiger partial charge in [-0.3, -0.25) is 4.99 Å². The van der Waals surface area contributed by atoms with E-state index in [0.29, 0.717) is 11.9 Å². The van der Waals surface area contributed by atoms with E-state index in [-0.39, 0.29) is 0 Å². The topological polar surface area (TPSA) is 46.5 Å². The van der Waals surface area contributed by atoms with Crippen molar-refractivity contribution in [1.29, 1.82) is 0 Å². The zero-order chi connectivity index (χ0) is 10.7. The summed E-state index contributed by atoms with van der Waals surface area (Å²) in [6, 6.07) is 4.16. The van der Waals surface area contributed by atoms with Crippen LogP contribution in [0, 0.1) is 0 Å². The summed E-state index contributed by atoms with van der Waals surface area (Å²) in [7, 11) is 1.61. The maximum absolute atomic E-state index is 4.98. The summed E-state index contributed by atoms with van der Waals surface area (Å²) < 4.78 is 4.98. The molecule has 0 fully saturated rings. The number of nitrogens with zero attached hydrogens (tertiary/aromatic N) is 2. The maximum atomic E-state index is 4.98. The van der Waals surface area contributed by atoms with E-state index in [1.165, 1.54) is 0 Å². The molecule has 80 valence electrons. The summed E-state index contributed by atoms with van der Waals surface area (Å²) in [5.74, 6) is 1.67. The molecular formula is C10H13N3OS. The average molecular weight is 223 g/mol. The van der Waals surface area contributed by atoms with Gasteiger partial charge in [0.25, 0.3) is 0 Å². The first-order valence-electron chi connectivity index (χ1n) is 4.75. The molecule has 1 aromatic rings. The Labute approximate surface area is 93.2 Å². The van der Waals surface area contributed by atoms with E-state index in [0.717, 1.165) is 16.6 Å². The second-order valence-corrected chi connectivity index (χ2v) is 4.32. The number of aromatic nitrogens is 1. The quantitative estimate of drug-likeness (QED) is 0.833. The van der Waals surface area contributed by atoms with Crippen molar-refractivity contribution in [3.05, 3.63) is 18.3 Å². The van der Waals surface area contributed by atoms with Gasteiger partial charge in [-0.2, -0.15) is 0 Å². The van der Waals surface area contributed by atoms with Crippen LogP contribution in [0.5, 0.6) is 5.88 Å². The Morgan fingerprint density at radius 2 is 2.40 bits per heavy atom. The predicted octanol–water partition coefficient (Wildman–Crippen LogP) is 1.99. The molecule has 2 rings (SSSR count). The number of nitrogens with one attached hydrogen (secondary N) is 1. The third kappa shape index (κ3) is 2.62. The standard InChI is InChI=1S/C10H13N3OS/c1-7-6-15-10(12-7)13-8-3-4-9(14-2)11-5-8/h3-5,7H,6H2,1-2H3,(H,12,13). The highest BCUT2D eigenvalue weighted by Crippen LogP contribution is 2.20. The largest absolute Gasteiger partial charge is 0.481 e. The number of ether oxygens (including phenoxy) is 1. The van der Waals surface area contributed by atoms with Crippen LogP contribution in [-0.4, -0.2) is 29.1 Å². The van der Waals surface area contributed by atoms with E-state index in [1.807, 2.05) is 12.1 Å². The van der Waals surface area contributed by atoms with Crippen LogP contribution < -0.4 is 10.1 Å². The molecule has 0 spiro atoms. The van der Waals surface area contributed by atoms with Crippen molar-refractivity contribution < 1.29 is 4.74 Å². The van der Waals surface area contributed by atoms with Crippen LogP contribution in [0.15, 0.2) is 23.3 Å². The third-order valence-corrected chi connectivity index (χ3v) is 3.13. The lowest BCUT2D eigenvalue weighted by atomic mass is 10.4. The molecule has 2 heterocycles. The summed E-state index contributed by atoms with van der Waals surface area (Å²) in [5, 5.41) is 4.18. The Kier molecular flexibility index (Phi) is 3.11. The minimum Gasteiger partial charge on any atom is -0.481 e. The number of methoxy groups -OCH3 is 1. The van der Waals surface area contributed by atoms with Gasteiger partial charge in [-0.1, -0.05) is 11.8 Å². The summed E-state index contributed by atoms with van der Waals surface area (Å²) in [6.45, 7) is 2.11. The van der Waals surface area contributed by atoms with Crippen molar-refractivity contribution >= 4 is 22.6 Å². The third-order valence-electron chi connectivity index (χ3n) is 2.00. The van der Waals surface area contributed by atoms with Crippen molar-refractivity contribution in [2.75, 3.05) is 18.2 Å². The number of hydrogen-bond donors (Lipinski definition) is 1. The van der Waals surface area contributed by atoms with Crippen LogP contribution in [0.2, 0.25) is 0 Å². The van der Waals surface area contributed by atoms with E-state index in [4.69, 9.17) is 4.74 Å². The number of thioether (sulfide) groups is 1. The SMILES string of the molecule is COc1ccc(NC2=NC(C)CS2)cn1. The smallest absolute Gasteiger partial charge is 0.213 e. The molecule has 1 aromatic heterocycles. The lowest BCUT2D eigenvalue weighted by molar-refractivity contribution is 0.398. The first-order chi connectivity index (χ1) is 7.28. The van der Waals surface area contributed by atoms with Crippen molar-refractivity contribution in [3.63, 3.8) is 0 Å². The minimum atomic E-state index is 0.406. The highest BCUT2D eigenvalue weighted by atomic mass is 32.2. The molecule has 1 N–H and O–H groups in total. The lowest BCUT2D eigenvalue weighted by Gasteiger charge is -2.04. The Balaban J connectivity index is 2.02. The number of anilines is 1. The number of hydrogen-bond acceptors (Lipinski definition) is 5. The van der Waals surface area contributed by atoms with Gasteiger partial charge < -0.3 is 10.1 Å². The molecule has 1 atom stereocenters. The van der Waals surface area contributed by atoms with Crippen molar-refractivity contribution in [2.45, 2.75) is 13.0 Å². The molecule has 15 heavy (non-hydrogen) atoms. The van der Waals surface area contributed by atoms with E-state index in [1.54, 1.807) is 25.1 Å². The number of amidine groups is 1. The fourth-order valence-electron chi connectivity index (χ4n) is 1.24. The minimum absolute atomic E-state index is 0.406. The zero-order valence-corrected chi connectivity index (χ0v) is 9.54. The normalized spacial score (nSPS) is 19.9. The zero-order valence-electron chi connectivity index (χ0n) is 8.73. The molecule has 0 saturated heterocycles. The first-order valence-corrected chi connectivity index (χ1v) is 5.74. The van der Waals surface area contributed by atoms with Crippen LogP contribution in [-0.2, 0) is 0 Å². The van der Waals surface area contributed by atoms with Crippen LogP contribution in [0.4, 0.5) is 5.69 Å². The van der Waals surface area contributed by atoms with Gasteiger partial charge in [0.15, 0.2) is 5.17 Å². The van der Waals surface area contributed by atoms with Crippen LogP contribution >= 0.6 is 11.8 Å². The van der Waals surface area contributed by atoms with E-state index in [9.17, 15) is 0 Å². The molecule has 0 saturated carbocycles. The molecule has 1 unspecified atom stereocenters. The van der Waals surface area contributed by atoms with Gasteiger partial charge in [0.05, 0.1) is 25.0 Å². The van der Waals surface area contributed by atoms with Crippen LogP contribution in [0.3, 0.4) is 0 Å². The first kappa shape index (κ1) is 10.3. The fraction of sp³-hybridized carbons (Fsp3) is 0.400. The fourth-order valence-corrected chi connectivity index (χ4v) is 2.16. The van der Waals surface area contributed by atoms with Gasteiger partial charge in [0.2, 0.25) is 5.88 Å². The summed E-state index contributed by atoms with van der Waals surface area (Å²) in [4.78, 5) is 8.55. The Morgan fingerprint density at radius 3 is 2.93 bits per heavy atom. The van der Waals surface area contributed by atoms with Crippen molar-refractivity contribution in [1.82, 2.24) is 4.98 Å². The predicted molar refractivity (Wildman–Crippen MR) is 63.8 cm³/mol. The average Bonchev–Trinajstić information content (AvgIpc) is 2.65. The van der Waals surface area contributed by atoms with Gasteiger partial charge >= 0.3 is 0 Å². The molecule has 0 radical (unpaired) electrons. The van der Waals surface area contributed by atoms with Crippen molar-refractivity contribution in [2.24, 2.45) is 4.99 Å². The van der Waals surface area contributed by atoms with Gasteiger partial charge in [0.1, 0.15) is 0 Å². The molecule has 0 aromatic carbocycles. The highest BCUT2D eigenvalue weighted by molar-refractivity contribution is 8.14. The van der Waals surface area contributed by atoms with Crippen LogP contribution in [0.1, 0.15) is 6.92 Å². The Bertz CT molecular complexity index is 363. The van der Waals surface area contributed by atoms with Gasteiger partial charge in [-0.25, -0.2) is 4.98 Å². The molecule has 5 heteroatoms. The Hall–Kier alpha value is -1.23. The van der Waals surface area contributed by atoms with Crippen LogP contribution in [0.25, 0.3) is 0 Å². The molecule has 0 amide bonds. The Morgan fingerprint density at radius 1 is 1.53 bits per heavy atom. The summed E-state index contributed by atoms with van der Waals surface area (Å²) >= 11 is 1.74. The monoisotopic (exact) mass is 223 g/mol. The highest BCUT2D eigenvalue weighted by Gasteiger charge is 2.13. The molecular weight excluding hydrogens is 210 g/mol. The second kappa shape index (κ2) is 4.53.